The number of esters is 2. The van der Waals surface area contributed by atoms with Crippen molar-refractivity contribution < 1.29 is 38.7 Å². The highest BCUT2D eigenvalue weighted by Crippen LogP contribution is 2.20. The molecule has 1 rings (SSSR count). The summed E-state index contributed by atoms with van der Waals surface area (Å²) in [6.07, 6.45) is 0.325. The van der Waals surface area contributed by atoms with Crippen LogP contribution in [0.2, 0.25) is 0 Å². The Morgan fingerprint density at radius 1 is 1.10 bits per heavy atom. The summed E-state index contributed by atoms with van der Waals surface area (Å²) in [6.45, 7) is -0.713. The van der Waals surface area contributed by atoms with Gasteiger partial charge in [-0.05, 0) is 11.6 Å². The van der Waals surface area contributed by atoms with Crippen LogP contribution in [0, 0.1) is 10.1 Å². The molecule has 0 aliphatic rings. The van der Waals surface area contributed by atoms with E-state index in [0.29, 0.717) is 11.8 Å². The summed E-state index contributed by atoms with van der Waals surface area (Å²) >= 11 is 0. The molecule has 0 spiro atoms. The fraction of sp³-hybridized carbons (Fsp3) is 0.444. The molecule has 1 aromatic rings. The first kappa shape index (κ1) is 23.7. The van der Waals surface area contributed by atoms with Gasteiger partial charge in [0.15, 0.2) is 0 Å². The number of amides is 1. The predicted molar refractivity (Wildman–Crippen MR) is 97.3 cm³/mol. The SMILES string of the molecule is O=CCCC(=O)OCCOC(=O)CCC(=O)NCc1ccc([N+](=O)[O-])c(CO)c1. The zero-order chi connectivity index (χ0) is 21.6. The largest absolute Gasteiger partial charge is 0.462 e. The minimum Gasteiger partial charge on any atom is -0.462 e. The van der Waals surface area contributed by atoms with Crippen LogP contribution in [0.15, 0.2) is 18.2 Å². The minimum atomic E-state index is -0.637. The number of carbonyl (C=O) groups is 4. The number of rotatable bonds is 13. The lowest BCUT2D eigenvalue weighted by atomic mass is 10.1. The van der Waals surface area contributed by atoms with E-state index in [1.165, 1.54) is 18.2 Å². The van der Waals surface area contributed by atoms with Crippen LogP contribution in [-0.4, -0.2) is 47.4 Å². The third-order valence-electron chi connectivity index (χ3n) is 3.63. The number of benzene rings is 1. The Labute approximate surface area is 166 Å². The van der Waals surface area contributed by atoms with Crippen molar-refractivity contribution in [1.82, 2.24) is 5.32 Å². The van der Waals surface area contributed by atoms with Crippen LogP contribution < -0.4 is 5.32 Å². The number of hydrogen-bond acceptors (Lipinski definition) is 9. The van der Waals surface area contributed by atoms with Gasteiger partial charge in [-0.3, -0.25) is 24.5 Å². The van der Waals surface area contributed by atoms with Crippen molar-refractivity contribution in [1.29, 1.82) is 0 Å². The molecule has 0 saturated heterocycles. The second-order valence-corrected chi connectivity index (χ2v) is 5.80. The van der Waals surface area contributed by atoms with Gasteiger partial charge in [-0.15, -0.1) is 0 Å². The highest BCUT2D eigenvalue weighted by molar-refractivity contribution is 5.81. The lowest BCUT2D eigenvalue weighted by Crippen LogP contribution is -2.24. The minimum absolute atomic E-state index is 0.0355. The molecular weight excluding hydrogens is 388 g/mol. The molecule has 11 heteroatoms. The van der Waals surface area contributed by atoms with Gasteiger partial charge in [-0.25, -0.2) is 0 Å². The maximum atomic E-state index is 11.8. The van der Waals surface area contributed by atoms with Crippen molar-refractivity contribution in [3.63, 3.8) is 0 Å². The van der Waals surface area contributed by atoms with Crippen LogP contribution in [0.1, 0.15) is 36.8 Å². The van der Waals surface area contributed by atoms with Gasteiger partial charge >= 0.3 is 11.9 Å². The van der Waals surface area contributed by atoms with Crippen LogP contribution >= 0.6 is 0 Å². The van der Waals surface area contributed by atoms with Crippen molar-refractivity contribution in [2.45, 2.75) is 38.8 Å². The van der Waals surface area contributed by atoms with Crippen LogP contribution in [0.4, 0.5) is 5.69 Å². The van der Waals surface area contributed by atoms with Gasteiger partial charge < -0.3 is 24.7 Å². The van der Waals surface area contributed by atoms with Crippen molar-refractivity contribution in [3.8, 4) is 0 Å². The number of carbonyl (C=O) groups excluding carboxylic acids is 4. The molecule has 0 fully saturated rings. The number of aliphatic hydroxyl groups is 1. The lowest BCUT2D eigenvalue weighted by molar-refractivity contribution is -0.385. The molecule has 0 unspecified atom stereocenters. The topological polar surface area (TPSA) is 162 Å². The Bertz CT molecular complexity index is 749. The molecule has 0 aliphatic heterocycles. The van der Waals surface area contributed by atoms with E-state index in [4.69, 9.17) is 9.47 Å². The smallest absolute Gasteiger partial charge is 0.306 e. The number of nitro benzene ring substituents is 1. The van der Waals surface area contributed by atoms with E-state index >= 15 is 0 Å². The monoisotopic (exact) mass is 410 g/mol. The fourth-order valence-electron chi connectivity index (χ4n) is 2.19. The predicted octanol–water partition coefficient (Wildman–Crippen LogP) is 0.549. The second kappa shape index (κ2) is 12.9. The molecule has 11 nitrogen and oxygen atoms in total. The van der Waals surface area contributed by atoms with Gasteiger partial charge in [0.2, 0.25) is 5.91 Å². The van der Waals surface area contributed by atoms with Crippen LogP contribution in [0.5, 0.6) is 0 Å². The first-order valence-corrected chi connectivity index (χ1v) is 8.76. The van der Waals surface area contributed by atoms with Crippen LogP contribution in [0.25, 0.3) is 0 Å². The number of ether oxygens (including phenoxy) is 2. The third kappa shape index (κ3) is 9.42. The normalized spacial score (nSPS) is 10.1. The highest BCUT2D eigenvalue weighted by atomic mass is 16.6. The van der Waals surface area contributed by atoms with Crippen molar-refractivity contribution in [2.24, 2.45) is 0 Å². The number of nitrogens with one attached hydrogen (secondary N) is 1. The summed E-state index contributed by atoms with van der Waals surface area (Å²) in [5.41, 5.74) is 0.490. The Morgan fingerprint density at radius 2 is 1.76 bits per heavy atom. The van der Waals surface area contributed by atoms with E-state index in [9.17, 15) is 34.4 Å². The molecule has 2 N–H and O–H groups in total. The molecule has 0 radical (unpaired) electrons. The summed E-state index contributed by atoms with van der Waals surface area (Å²) in [5.74, 6) is -1.63. The van der Waals surface area contributed by atoms with Crippen molar-refractivity contribution >= 4 is 29.8 Å². The standard InChI is InChI=1S/C18H22N2O9/c21-7-1-2-17(24)28-8-9-29-18(25)6-5-16(23)19-11-13-3-4-15(20(26)27)14(10-13)12-22/h3-4,7,10,22H,1-2,5-6,8-9,11-12H2,(H,19,23). The third-order valence-corrected chi connectivity index (χ3v) is 3.63. The first-order chi connectivity index (χ1) is 13.9. The average molecular weight is 410 g/mol. The number of nitrogens with zero attached hydrogens (tertiary/aromatic N) is 1. The van der Waals surface area contributed by atoms with Gasteiger partial charge in [-0.2, -0.15) is 0 Å². The molecule has 0 saturated carbocycles. The van der Waals surface area contributed by atoms with E-state index in [0.717, 1.165) is 0 Å². The maximum absolute atomic E-state index is 11.8. The summed E-state index contributed by atoms with van der Waals surface area (Å²) in [6, 6.07) is 4.13. The summed E-state index contributed by atoms with van der Waals surface area (Å²) in [7, 11) is 0. The Hall–Kier alpha value is -3.34. The Kier molecular flexibility index (Phi) is 10.6. The van der Waals surface area contributed by atoms with Crippen LogP contribution in [0.3, 0.4) is 0 Å². The maximum Gasteiger partial charge on any atom is 0.306 e. The number of hydrogen-bond donors (Lipinski definition) is 2. The Morgan fingerprint density at radius 3 is 2.34 bits per heavy atom. The van der Waals surface area contributed by atoms with Crippen LogP contribution in [-0.2, 0) is 41.8 Å². The lowest BCUT2D eigenvalue weighted by Gasteiger charge is -2.08. The van der Waals surface area contributed by atoms with Gasteiger partial charge in [0.05, 0.1) is 29.9 Å². The van der Waals surface area contributed by atoms with Crippen molar-refractivity contribution in [2.75, 3.05) is 13.2 Å². The quantitative estimate of drug-likeness (QED) is 0.155. The number of nitro groups is 1. The first-order valence-electron chi connectivity index (χ1n) is 8.76. The zero-order valence-electron chi connectivity index (χ0n) is 15.6. The van der Waals surface area contributed by atoms with E-state index in [1.807, 2.05) is 0 Å². The molecule has 158 valence electrons. The van der Waals surface area contributed by atoms with Gasteiger partial charge in [0.1, 0.15) is 19.5 Å². The molecule has 1 amide bonds. The molecule has 0 heterocycles. The molecular formula is C18H22N2O9. The van der Waals surface area contributed by atoms with Crippen molar-refractivity contribution in [3.05, 3.63) is 39.4 Å². The average Bonchev–Trinajstić information content (AvgIpc) is 2.71. The second-order valence-electron chi connectivity index (χ2n) is 5.80. The van der Waals surface area contributed by atoms with Gasteiger partial charge in [0, 0.05) is 25.5 Å². The Balaban J connectivity index is 2.26. The molecule has 1 aromatic carbocycles. The molecule has 0 aliphatic carbocycles. The molecule has 0 aromatic heterocycles. The summed E-state index contributed by atoms with van der Waals surface area (Å²) in [4.78, 5) is 54.8. The van der Waals surface area contributed by atoms with Gasteiger partial charge in [-0.1, -0.05) is 6.07 Å². The number of aldehydes is 1. The van der Waals surface area contributed by atoms with E-state index in [1.54, 1.807) is 0 Å². The van der Waals surface area contributed by atoms with E-state index in [-0.39, 0.29) is 56.7 Å². The molecule has 0 bridgehead atoms. The molecule has 0 atom stereocenters. The summed E-state index contributed by atoms with van der Waals surface area (Å²) in [5, 5.41) is 22.6. The van der Waals surface area contributed by atoms with Gasteiger partial charge in [0.25, 0.3) is 5.69 Å². The zero-order valence-corrected chi connectivity index (χ0v) is 15.6. The van der Waals surface area contributed by atoms with E-state index < -0.39 is 29.4 Å². The molecule has 29 heavy (non-hydrogen) atoms. The summed E-state index contributed by atoms with van der Waals surface area (Å²) < 4.78 is 9.55. The van der Waals surface area contributed by atoms with E-state index in [2.05, 4.69) is 5.32 Å². The fourth-order valence-corrected chi connectivity index (χ4v) is 2.19. The highest BCUT2D eigenvalue weighted by Gasteiger charge is 2.14. The number of aliphatic hydroxyl groups excluding tert-OH is 1.